The third-order valence-electron chi connectivity index (χ3n) is 5.84. The second-order valence-electron chi connectivity index (χ2n) is 10.4. The minimum atomic E-state index is -0.830. The standard InChI is InChI=1S/C27H45N3O4/c1-11-14-19(6)28-24(31)23(21-16-13-15-18(5)20(21)7)30(12-2)25(32)22(17(3)4)29-26(33)34-27(8,9)10/h13,15-17,19,22-23H,11-12,14H2,1-10H3,(H,28,31)(H,29,33). The minimum absolute atomic E-state index is 0.0142. The number of nitrogens with one attached hydrogen (secondary N) is 2. The molecule has 0 aromatic heterocycles. The van der Waals surface area contributed by atoms with E-state index in [-0.39, 0.29) is 23.8 Å². The number of carbonyl (C=O) groups is 3. The molecule has 0 saturated heterocycles. The lowest BCUT2D eigenvalue weighted by atomic mass is 9.94. The monoisotopic (exact) mass is 475 g/mol. The van der Waals surface area contributed by atoms with Gasteiger partial charge in [0.25, 0.3) is 0 Å². The van der Waals surface area contributed by atoms with Crippen molar-refractivity contribution in [1.29, 1.82) is 0 Å². The quantitative estimate of drug-likeness (QED) is 0.496. The second-order valence-corrected chi connectivity index (χ2v) is 10.4. The molecule has 2 N–H and O–H groups in total. The molecule has 3 amide bonds. The first-order valence-electron chi connectivity index (χ1n) is 12.4. The van der Waals surface area contributed by atoms with Gasteiger partial charge >= 0.3 is 6.09 Å². The zero-order valence-electron chi connectivity index (χ0n) is 22.7. The van der Waals surface area contributed by atoms with E-state index in [1.807, 2.05) is 59.7 Å². The van der Waals surface area contributed by atoms with Gasteiger partial charge in [-0.05, 0) is 77.5 Å². The van der Waals surface area contributed by atoms with Crippen LogP contribution in [0.4, 0.5) is 4.79 Å². The summed E-state index contributed by atoms with van der Waals surface area (Å²) in [7, 11) is 0. The van der Waals surface area contributed by atoms with E-state index in [1.54, 1.807) is 25.7 Å². The number of benzene rings is 1. The van der Waals surface area contributed by atoms with Crippen molar-refractivity contribution in [3.05, 3.63) is 34.9 Å². The Labute approximate surface area is 206 Å². The SMILES string of the molecule is CCCC(C)NC(=O)C(c1cccc(C)c1C)N(CC)C(=O)C(NC(=O)OC(C)(C)C)C(C)C. The first-order chi connectivity index (χ1) is 15.7. The van der Waals surface area contributed by atoms with Gasteiger partial charge in [0.1, 0.15) is 17.7 Å². The highest BCUT2D eigenvalue weighted by Gasteiger charge is 2.37. The van der Waals surface area contributed by atoms with E-state index >= 15 is 0 Å². The van der Waals surface area contributed by atoms with E-state index in [9.17, 15) is 14.4 Å². The highest BCUT2D eigenvalue weighted by atomic mass is 16.6. The van der Waals surface area contributed by atoms with Gasteiger partial charge < -0.3 is 20.3 Å². The maximum absolute atomic E-state index is 13.8. The Morgan fingerprint density at radius 1 is 1.03 bits per heavy atom. The molecule has 0 bridgehead atoms. The smallest absolute Gasteiger partial charge is 0.408 e. The van der Waals surface area contributed by atoms with Gasteiger partial charge in [0.05, 0.1) is 0 Å². The van der Waals surface area contributed by atoms with E-state index in [0.29, 0.717) is 6.54 Å². The number of aryl methyl sites for hydroxylation is 1. The normalized spacial score (nSPS) is 14.2. The summed E-state index contributed by atoms with van der Waals surface area (Å²) in [4.78, 5) is 41.5. The Hall–Kier alpha value is -2.57. The molecule has 7 nitrogen and oxygen atoms in total. The van der Waals surface area contributed by atoms with Gasteiger partial charge in [-0.1, -0.05) is 45.4 Å². The van der Waals surface area contributed by atoms with Crippen LogP contribution in [0, 0.1) is 19.8 Å². The molecule has 0 fully saturated rings. The fourth-order valence-corrected chi connectivity index (χ4v) is 3.94. The van der Waals surface area contributed by atoms with Crippen LogP contribution in [0.2, 0.25) is 0 Å². The molecule has 0 aliphatic rings. The summed E-state index contributed by atoms with van der Waals surface area (Å²) in [6.07, 6.45) is 1.14. The molecule has 1 rings (SSSR count). The van der Waals surface area contributed by atoms with Crippen LogP contribution >= 0.6 is 0 Å². The molecular formula is C27H45N3O4. The van der Waals surface area contributed by atoms with Crippen molar-refractivity contribution in [2.45, 2.75) is 106 Å². The van der Waals surface area contributed by atoms with Gasteiger partial charge in [-0.15, -0.1) is 0 Å². The molecule has 3 unspecified atom stereocenters. The number of likely N-dealkylation sites (N-methyl/N-ethyl adjacent to an activating group) is 1. The molecule has 0 spiro atoms. The summed E-state index contributed by atoms with van der Waals surface area (Å²) < 4.78 is 5.39. The molecule has 7 heteroatoms. The van der Waals surface area contributed by atoms with Gasteiger partial charge in [0.15, 0.2) is 0 Å². The fraction of sp³-hybridized carbons (Fsp3) is 0.667. The molecule has 0 heterocycles. The van der Waals surface area contributed by atoms with Crippen LogP contribution in [0.1, 0.15) is 91.0 Å². The van der Waals surface area contributed by atoms with Crippen molar-refractivity contribution < 1.29 is 19.1 Å². The Bertz CT molecular complexity index is 845. The Kier molecular flexibility index (Phi) is 11.1. The molecule has 0 saturated carbocycles. The van der Waals surface area contributed by atoms with Gasteiger partial charge in [0, 0.05) is 12.6 Å². The molecule has 0 aliphatic heterocycles. The van der Waals surface area contributed by atoms with Crippen LogP contribution in [0.5, 0.6) is 0 Å². The molecule has 1 aromatic carbocycles. The van der Waals surface area contributed by atoms with Crippen molar-refractivity contribution in [2.24, 2.45) is 5.92 Å². The van der Waals surface area contributed by atoms with Crippen LogP contribution < -0.4 is 10.6 Å². The zero-order valence-corrected chi connectivity index (χ0v) is 22.7. The van der Waals surface area contributed by atoms with Crippen LogP contribution in [0.25, 0.3) is 0 Å². The van der Waals surface area contributed by atoms with Crippen molar-refractivity contribution in [3.8, 4) is 0 Å². The second kappa shape index (κ2) is 12.8. The van der Waals surface area contributed by atoms with Gasteiger partial charge in [-0.25, -0.2) is 4.79 Å². The number of rotatable bonds is 10. The maximum atomic E-state index is 13.8. The Morgan fingerprint density at radius 3 is 2.15 bits per heavy atom. The molecular weight excluding hydrogens is 430 g/mol. The molecule has 1 aromatic rings. The van der Waals surface area contributed by atoms with Gasteiger partial charge in [-0.3, -0.25) is 9.59 Å². The van der Waals surface area contributed by atoms with Crippen LogP contribution in [-0.2, 0) is 14.3 Å². The Balaban J connectivity index is 3.42. The lowest BCUT2D eigenvalue weighted by molar-refractivity contribution is -0.143. The summed E-state index contributed by atoms with van der Waals surface area (Å²) in [6, 6.07) is 4.15. The highest BCUT2D eigenvalue weighted by Crippen LogP contribution is 2.28. The number of ether oxygens (including phenoxy) is 1. The third-order valence-corrected chi connectivity index (χ3v) is 5.84. The van der Waals surface area contributed by atoms with Crippen molar-refractivity contribution in [1.82, 2.24) is 15.5 Å². The number of hydrogen-bond acceptors (Lipinski definition) is 4. The molecule has 192 valence electrons. The van der Waals surface area contributed by atoms with Gasteiger partial charge in [-0.2, -0.15) is 0 Å². The molecule has 3 atom stereocenters. The minimum Gasteiger partial charge on any atom is -0.444 e. The number of amides is 3. The number of carbonyl (C=O) groups excluding carboxylic acids is 3. The first-order valence-corrected chi connectivity index (χ1v) is 12.4. The lowest BCUT2D eigenvalue weighted by Crippen LogP contribution is -2.55. The summed E-state index contributed by atoms with van der Waals surface area (Å²) >= 11 is 0. The highest BCUT2D eigenvalue weighted by molar-refractivity contribution is 5.92. The van der Waals surface area contributed by atoms with Crippen LogP contribution in [0.15, 0.2) is 18.2 Å². The number of nitrogens with zero attached hydrogens (tertiary/aromatic N) is 1. The maximum Gasteiger partial charge on any atom is 0.408 e. The molecule has 0 radical (unpaired) electrons. The summed E-state index contributed by atoms with van der Waals surface area (Å²) in [5.41, 5.74) is 2.12. The van der Waals surface area contributed by atoms with Crippen molar-refractivity contribution in [2.75, 3.05) is 6.54 Å². The van der Waals surface area contributed by atoms with E-state index in [4.69, 9.17) is 4.74 Å². The van der Waals surface area contributed by atoms with Crippen LogP contribution in [-0.4, -0.2) is 47.0 Å². The van der Waals surface area contributed by atoms with Crippen molar-refractivity contribution >= 4 is 17.9 Å². The topological polar surface area (TPSA) is 87.7 Å². The van der Waals surface area contributed by atoms with Crippen LogP contribution in [0.3, 0.4) is 0 Å². The average molecular weight is 476 g/mol. The van der Waals surface area contributed by atoms with E-state index < -0.39 is 23.8 Å². The van der Waals surface area contributed by atoms with E-state index in [1.165, 1.54) is 0 Å². The van der Waals surface area contributed by atoms with E-state index in [2.05, 4.69) is 17.6 Å². The third kappa shape index (κ3) is 8.33. The summed E-state index contributed by atoms with van der Waals surface area (Å²) in [5, 5.41) is 5.83. The molecule has 0 aliphatic carbocycles. The first kappa shape index (κ1) is 29.5. The average Bonchev–Trinajstić information content (AvgIpc) is 2.70. The van der Waals surface area contributed by atoms with Gasteiger partial charge in [0.2, 0.25) is 11.8 Å². The van der Waals surface area contributed by atoms with E-state index in [0.717, 1.165) is 29.5 Å². The molecule has 34 heavy (non-hydrogen) atoms. The zero-order chi connectivity index (χ0) is 26.2. The fourth-order valence-electron chi connectivity index (χ4n) is 3.94. The number of hydrogen-bond donors (Lipinski definition) is 2. The predicted molar refractivity (Wildman–Crippen MR) is 137 cm³/mol. The predicted octanol–water partition coefficient (Wildman–Crippen LogP) is 5.05. The largest absolute Gasteiger partial charge is 0.444 e. The Morgan fingerprint density at radius 2 is 1.65 bits per heavy atom. The van der Waals surface area contributed by atoms with Crippen molar-refractivity contribution in [3.63, 3.8) is 0 Å². The number of alkyl carbamates (subject to hydrolysis) is 1. The summed E-state index contributed by atoms with van der Waals surface area (Å²) in [5.74, 6) is -0.729. The lowest BCUT2D eigenvalue weighted by Gasteiger charge is -2.36. The summed E-state index contributed by atoms with van der Waals surface area (Å²) in [6.45, 7) is 19.2.